The largest absolute Gasteiger partial charge is 0.477 e. The number of nitrogens with one attached hydrogen (secondary N) is 4. The third kappa shape index (κ3) is 23.1. The number of carbonyl (C=O) groups excluding carboxylic acids is 4. The van der Waals surface area contributed by atoms with Gasteiger partial charge in [0, 0.05) is 34.1 Å². The van der Waals surface area contributed by atoms with Crippen LogP contribution >= 0.6 is 0 Å². The molecular weight excluding hydrogens is 1760 g/mol. The highest BCUT2D eigenvalue weighted by atomic mass is 16.8. The van der Waals surface area contributed by atoms with E-state index in [0.29, 0.717) is 0 Å². The Morgan fingerprint density at radius 2 is 0.680 bits per heavy atom. The lowest BCUT2D eigenvalue weighted by Gasteiger charge is -2.51. The zero-order chi connectivity index (χ0) is 94.6. The quantitative estimate of drug-likeness (QED) is 0.0284. The van der Waals surface area contributed by atoms with Crippen molar-refractivity contribution in [3.05, 3.63) is 0 Å². The second kappa shape index (κ2) is 45.4. The zero-order valence-electron chi connectivity index (χ0n) is 68.7. The molecule has 0 aromatic carbocycles. The first-order chi connectivity index (χ1) is 60.3. The summed E-state index contributed by atoms with van der Waals surface area (Å²) >= 11 is 0. The van der Waals surface area contributed by atoms with Crippen LogP contribution in [0, 0.1) is 0 Å². The van der Waals surface area contributed by atoms with Crippen molar-refractivity contribution in [3.8, 4) is 0 Å². The first-order valence-electron chi connectivity index (χ1n) is 40.6. The zero-order valence-corrected chi connectivity index (χ0v) is 68.7. The summed E-state index contributed by atoms with van der Waals surface area (Å²) in [5.41, 5.74) is 0. The molecule has 0 saturated carbocycles. The lowest BCUT2D eigenvalue weighted by atomic mass is 9.88. The summed E-state index contributed by atoms with van der Waals surface area (Å²) in [7, 11) is 0. The lowest BCUT2D eigenvalue weighted by Crippen LogP contribution is -2.71. The standard InChI is InChI=1S/C71H118N4O53/c1-16-35(89)45(99)48(102)64(112-16)111-15-30-55(42(96)32(61(107)113-30)73-18(3)84)121-62-33(74-19(4)85)43(97)53(27(12-81)118-62)122-67-51(105)58(41(95)29(120-67)14-110-65-50(104)57(39(93)25(10-79)114-65)124-66-49(103)46(100)37(91)23(8-77)115-66)125-69-60(47(101)38(92)24(9-78)117-69)126-63-34(75-20(5)86)44(98)54(28(13-82)119-63)123-68-52(106)59(40(94)26(11-80)116-68)128-71(70(108)109)6-21(87)31(72-17(2)83)56(127-71)36(90)22(88)7-76/h16,21-69,76-82,87-107H,6-15H2,1-5H3,(H,72,83)(H,73,84)(H,74,85)(H,75,86)(H,108,109)/t16-,21+,22-,23-,24-,25-,26-,27-,28-,29-,30-,31-,32-,33-,34-,35+,36-,37-,38-,39-,40+,41-,42-,43-,44-,45+,46+,47+,48-,49+,50+,51+,52-,53-,54-,55-,56-,57+,58+,59+,60+,61+,62-,63+,64-,65+,66-,67+,68+,69-,71+/m1/s1. The molecule has 0 bridgehead atoms. The van der Waals surface area contributed by atoms with Crippen molar-refractivity contribution < 1.29 is 262 Å². The normalized spacial score (nSPS) is 48.4. The maximum atomic E-state index is 13.3. The molecule has 10 heterocycles. The topological polar surface area (TPSA) is 896 Å². The number of carboxylic acids is 1. The molecule has 0 unspecified atom stereocenters. The van der Waals surface area contributed by atoms with E-state index in [4.69, 9.17) is 90.0 Å². The minimum absolute atomic E-state index is 0.853. The van der Waals surface area contributed by atoms with Gasteiger partial charge in [0.15, 0.2) is 56.6 Å². The number of hydrogen-bond donors (Lipinski definition) is 33. The lowest BCUT2D eigenvalue weighted by molar-refractivity contribution is -0.400. The Kier molecular flexibility index (Phi) is 37.4. The molecule has 0 spiro atoms. The molecule has 0 aliphatic carbocycles. The molecule has 0 aromatic heterocycles. The van der Waals surface area contributed by atoms with Gasteiger partial charge in [0.2, 0.25) is 23.6 Å². The Labute approximate surface area is 723 Å². The van der Waals surface area contributed by atoms with Crippen LogP contribution in [0.2, 0.25) is 0 Å². The van der Waals surface area contributed by atoms with Gasteiger partial charge in [0.05, 0.1) is 77.7 Å². The molecule has 57 nitrogen and oxygen atoms in total. The van der Waals surface area contributed by atoms with Crippen LogP contribution in [0.5, 0.6) is 0 Å². The van der Waals surface area contributed by atoms with Gasteiger partial charge in [-0.1, -0.05) is 0 Å². The van der Waals surface area contributed by atoms with Gasteiger partial charge in [-0.25, -0.2) is 4.79 Å². The molecule has 128 heavy (non-hydrogen) atoms. The summed E-state index contributed by atoms with van der Waals surface area (Å²) in [6.07, 6.45) is -100. The van der Waals surface area contributed by atoms with Crippen LogP contribution in [0.25, 0.3) is 0 Å². The SMILES string of the molecule is CC(=O)N[C@@H]1[C@@H](O)[C@H](O[C@H]2O[C@H](CO)[C@@H](O[C@@H]3O[C@H](CO[C@H]4O[C@H](CO)[C@@H](O)[C@H](O[C@H]5O[C@H](CO)[C@@H](O)[C@H](O)[C@@H]5O)[C@@H]4O)[C@@H](O)[C@H](O[C@H]4O[C@H](CO)[C@@H](O)[C@H](O)[C@@H]4O[C@@H]4O[C@H](CO)[C@@H](O[C@@H]5O[C@H](CO)[C@H](O)[C@H](O[C@]6(C(=O)O)C[C@H](O)[C@@H](NC(C)=O)[C@H]([C@H](O)[C@H](O)CO)O6)[C@H]5O)[C@H](O)[C@H]4NC(C)=O)[C@@H]3O)[C@H](O)[C@H]2NC(C)=O)[C@@H](CO[C@@H]2O[C@H](C)[C@H](O)[C@H](O)[C@H]2O)O[C@@H]1O. The number of rotatable bonds is 34. The summed E-state index contributed by atoms with van der Waals surface area (Å²) in [4.78, 5) is 64.5. The number of aliphatic hydroxyl groups is 28. The average Bonchev–Trinajstić information content (AvgIpc) is 0.752. The van der Waals surface area contributed by atoms with E-state index < -0.39 is 408 Å². The second-order valence-electron chi connectivity index (χ2n) is 32.4. The fourth-order valence-corrected chi connectivity index (χ4v) is 16.5. The maximum absolute atomic E-state index is 13.3. The first-order valence-corrected chi connectivity index (χ1v) is 40.6. The van der Waals surface area contributed by atoms with Gasteiger partial charge in [0.1, 0.15) is 232 Å². The fraction of sp³-hybridized carbons (Fsp3) is 0.930. The van der Waals surface area contributed by atoms with E-state index in [1.54, 1.807) is 0 Å². The minimum atomic E-state index is -3.32. The minimum Gasteiger partial charge on any atom is -0.477 e. The summed E-state index contributed by atoms with van der Waals surface area (Å²) in [6.45, 7) is -5.48. The first kappa shape index (κ1) is 106. The number of hydrogen-bond acceptors (Lipinski definition) is 52. The number of aliphatic carboxylic acids is 1. The summed E-state index contributed by atoms with van der Waals surface area (Å²) in [5, 5.41) is 333. The Morgan fingerprint density at radius 1 is 0.336 bits per heavy atom. The number of amides is 4. The molecule has 51 atom stereocenters. The van der Waals surface area contributed by atoms with Gasteiger partial charge in [0.25, 0.3) is 5.79 Å². The summed E-state index contributed by atoms with van der Waals surface area (Å²) < 4.78 is 112. The van der Waals surface area contributed by atoms with Gasteiger partial charge < -0.3 is 259 Å². The molecule has 10 aliphatic heterocycles. The van der Waals surface area contributed by atoms with E-state index >= 15 is 0 Å². The molecule has 57 heteroatoms. The van der Waals surface area contributed by atoms with Crippen LogP contribution in [-0.4, -0.2) is 550 Å². The third-order valence-electron chi connectivity index (χ3n) is 23.4. The van der Waals surface area contributed by atoms with Crippen molar-refractivity contribution in [1.29, 1.82) is 0 Å². The Morgan fingerprint density at radius 3 is 1.17 bits per heavy atom. The number of carboxylic acid groups (broad SMARTS) is 1. The van der Waals surface area contributed by atoms with Crippen molar-refractivity contribution in [2.24, 2.45) is 0 Å². The van der Waals surface area contributed by atoms with Crippen molar-refractivity contribution in [2.75, 3.05) is 59.5 Å². The highest BCUT2D eigenvalue weighted by molar-refractivity contribution is 5.77. The third-order valence-corrected chi connectivity index (χ3v) is 23.4. The van der Waals surface area contributed by atoms with E-state index in [2.05, 4.69) is 21.3 Å². The van der Waals surface area contributed by atoms with Gasteiger partial charge in [-0.3, -0.25) is 19.2 Å². The highest BCUT2D eigenvalue weighted by Crippen LogP contribution is 2.43. The van der Waals surface area contributed by atoms with Crippen LogP contribution in [0.4, 0.5) is 0 Å². The fourth-order valence-electron chi connectivity index (χ4n) is 16.5. The van der Waals surface area contributed by atoms with Crippen LogP contribution in [-0.2, 0) is 114 Å². The maximum Gasteiger partial charge on any atom is 0.364 e. The van der Waals surface area contributed by atoms with E-state index in [0.717, 1.165) is 27.7 Å². The molecule has 0 aromatic rings. The summed E-state index contributed by atoms with van der Waals surface area (Å²) in [6, 6.07) is -7.70. The summed E-state index contributed by atoms with van der Waals surface area (Å²) in [5.74, 6) is -9.30. The van der Waals surface area contributed by atoms with E-state index in [9.17, 15) is 172 Å². The molecule has 10 aliphatic rings. The molecule has 10 rings (SSSR count). The predicted octanol–water partition coefficient (Wildman–Crippen LogP) is -22.0. The predicted molar refractivity (Wildman–Crippen MR) is 392 cm³/mol. The smallest absolute Gasteiger partial charge is 0.364 e. The molecule has 10 fully saturated rings. The monoisotopic (exact) mass is 1870 g/mol. The number of aliphatic hydroxyl groups excluding tert-OH is 28. The van der Waals surface area contributed by atoms with Crippen molar-refractivity contribution in [1.82, 2.24) is 21.3 Å². The van der Waals surface area contributed by atoms with Crippen molar-refractivity contribution >= 4 is 29.6 Å². The molecular formula is C71H118N4O53. The van der Waals surface area contributed by atoms with Gasteiger partial charge in [-0.2, -0.15) is 0 Å². The molecule has 10 saturated heterocycles. The molecule has 0 radical (unpaired) electrons. The average molecular weight is 1880 g/mol. The van der Waals surface area contributed by atoms with E-state index in [1.165, 1.54) is 6.92 Å². The number of carbonyl (C=O) groups is 5. The molecule has 4 amide bonds. The van der Waals surface area contributed by atoms with Crippen molar-refractivity contribution in [3.63, 3.8) is 0 Å². The number of ether oxygens (including phenoxy) is 19. The molecule has 33 N–H and O–H groups in total. The Balaban J connectivity index is 0.956. The Hall–Kier alpha value is -4.53. The Bertz CT molecular complexity index is 3530. The van der Waals surface area contributed by atoms with Crippen LogP contribution in [0.1, 0.15) is 41.0 Å². The second-order valence-corrected chi connectivity index (χ2v) is 32.4. The van der Waals surface area contributed by atoms with Crippen LogP contribution in [0.15, 0.2) is 0 Å². The van der Waals surface area contributed by atoms with Gasteiger partial charge >= 0.3 is 5.97 Å². The highest BCUT2D eigenvalue weighted by Gasteiger charge is 2.64. The van der Waals surface area contributed by atoms with Gasteiger partial charge in [-0.15, -0.1) is 0 Å². The molecule has 740 valence electrons. The van der Waals surface area contributed by atoms with Crippen LogP contribution < -0.4 is 21.3 Å². The van der Waals surface area contributed by atoms with E-state index in [-0.39, 0.29) is 0 Å². The van der Waals surface area contributed by atoms with Crippen molar-refractivity contribution in [2.45, 2.75) is 353 Å². The van der Waals surface area contributed by atoms with Crippen LogP contribution in [0.3, 0.4) is 0 Å². The van der Waals surface area contributed by atoms with E-state index in [1.807, 2.05) is 0 Å². The van der Waals surface area contributed by atoms with Gasteiger partial charge in [-0.05, 0) is 6.92 Å².